The zero-order chi connectivity index (χ0) is 12.1. The quantitative estimate of drug-likeness (QED) is 0.797. The van der Waals surface area contributed by atoms with Crippen LogP contribution in [0.25, 0.3) is 0 Å². The zero-order valence-corrected chi connectivity index (χ0v) is 9.93. The summed E-state index contributed by atoms with van der Waals surface area (Å²) in [6.45, 7) is 4.58. The molecule has 1 aromatic carbocycles. The van der Waals surface area contributed by atoms with E-state index in [0.29, 0.717) is 19.8 Å². The van der Waals surface area contributed by atoms with Crippen molar-refractivity contribution < 1.29 is 9.47 Å². The van der Waals surface area contributed by atoms with Crippen molar-refractivity contribution >= 4 is 5.69 Å². The lowest BCUT2D eigenvalue weighted by molar-refractivity contribution is 0.0762. The van der Waals surface area contributed by atoms with Gasteiger partial charge in [-0.05, 0) is 19.1 Å². The number of benzene rings is 1. The Morgan fingerprint density at radius 2 is 2.35 bits per heavy atom. The van der Waals surface area contributed by atoms with E-state index in [4.69, 9.17) is 14.7 Å². The molecule has 0 radical (unpaired) electrons. The molecule has 1 aliphatic rings. The summed E-state index contributed by atoms with van der Waals surface area (Å²) >= 11 is 0. The highest BCUT2D eigenvalue weighted by Crippen LogP contribution is 2.29. The van der Waals surface area contributed by atoms with Gasteiger partial charge in [0, 0.05) is 6.54 Å². The van der Waals surface area contributed by atoms with Gasteiger partial charge in [-0.15, -0.1) is 0 Å². The first-order valence-electron chi connectivity index (χ1n) is 5.83. The highest BCUT2D eigenvalue weighted by Gasteiger charge is 2.22. The molecule has 0 N–H and O–H groups in total. The number of para-hydroxylation sites is 2. The number of morpholine rings is 1. The Kier molecular flexibility index (Phi) is 3.84. The van der Waals surface area contributed by atoms with Gasteiger partial charge in [0.25, 0.3) is 0 Å². The van der Waals surface area contributed by atoms with Crippen molar-refractivity contribution in [3.63, 3.8) is 0 Å². The largest absolute Gasteiger partial charge is 0.492 e. The molecule has 0 bridgehead atoms. The molecule has 1 fully saturated rings. The zero-order valence-electron chi connectivity index (χ0n) is 9.93. The van der Waals surface area contributed by atoms with Gasteiger partial charge in [0.2, 0.25) is 0 Å². The van der Waals surface area contributed by atoms with E-state index in [1.165, 1.54) is 0 Å². The maximum absolute atomic E-state index is 8.90. The molecule has 4 nitrogen and oxygen atoms in total. The van der Waals surface area contributed by atoms with Crippen LogP contribution in [0.1, 0.15) is 6.92 Å². The van der Waals surface area contributed by atoms with Crippen LogP contribution >= 0.6 is 0 Å². The van der Waals surface area contributed by atoms with Crippen molar-refractivity contribution in [1.29, 1.82) is 5.26 Å². The van der Waals surface area contributed by atoms with Crippen LogP contribution in [-0.4, -0.2) is 32.4 Å². The second-order valence-electron chi connectivity index (χ2n) is 3.84. The Labute approximate surface area is 101 Å². The maximum atomic E-state index is 8.90. The summed E-state index contributed by atoms with van der Waals surface area (Å²) in [6.07, 6.45) is -0.349. The Hall–Kier alpha value is -1.73. The van der Waals surface area contributed by atoms with E-state index in [1.807, 2.05) is 31.2 Å². The van der Waals surface area contributed by atoms with E-state index in [0.717, 1.165) is 18.0 Å². The molecule has 0 saturated carbocycles. The van der Waals surface area contributed by atoms with Crippen LogP contribution < -0.4 is 9.64 Å². The first-order chi connectivity index (χ1) is 8.35. The van der Waals surface area contributed by atoms with Gasteiger partial charge >= 0.3 is 0 Å². The van der Waals surface area contributed by atoms with Crippen LogP contribution in [0.4, 0.5) is 5.69 Å². The lowest BCUT2D eigenvalue weighted by Gasteiger charge is -2.32. The fourth-order valence-corrected chi connectivity index (χ4v) is 1.94. The minimum Gasteiger partial charge on any atom is -0.492 e. The standard InChI is InChI=1S/C13H16N2O2/c1-2-16-13-6-4-3-5-12(13)15-7-8-17-11(9-14)10-15/h3-6,11H,2,7-8,10H2,1H3. The van der Waals surface area contributed by atoms with Gasteiger partial charge in [-0.25, -0.2) is 0 Å². The Bertz CT molecular complexity index is 414. The lowest BCUT2D eigenvalue weighted by atomic mass is 10.2. The first-order valence-corrected chi connectivity index (χ1v) is 5.83. The highest BCUT2D eigenvalue weighted by atomic mass is 16.5. The molecule has 1 unspecified atom stereocenters. The molecule has 0 aromatic heterocycles. The van der Waals surface area contributed by atoms with E-state index in [9.17, 15) is 0 Å². The second kappa shape index (κ2) is 5.55. The number of anilines is 1. The van der Waals surface area contributed by atoms with Crippen molar-refractivity contribution in [1.82, 2.24) is 0 Å². The van der Waals surface area contributed by atoms with Crippen molar-refractivity contribution in [2.24, 2.45) is 0 Å². The van der Waals surface area contributed by atoms with Crippen molar-refractivity contribution in [2.75, 3.05) is 31.2 Å². The fraction of sp³-hybridized carbons (Fsp3) is 0.462. The highest BCUT2D eigenvalue weighted by molar-refractivity contribution is 5.58. The predicted octanol–water partition coefficient (Wildman–Crippen LogP) is 1.81. The average Bonchev–Trinajstić information content (AvgIpc) is 2.40. The van der Waals surface area contributed by atoms with Crippen molar-refractivity contribution in [2.45, 2.75) is 13.0 Å². The minimum atomic E-state index is -0.349. The average molecular weight is 232 g/mol. The summed E-state index contributed by atoms with van der Waals surface area (Å²) in [6, 6.07) is 10.1. The number of hydrogen-bond donors (Lipinski definition) is 0. The first kappa shape index (κ1) is 11.7. The van der Waals surface area contributed by atoms with Crippen molar-refractivity contribution in [3.8, 4) is 11.8 Å². The summed E-state index contributed by atoms with van der Waals surface area (Å²) in [5.74, 6) is 0.869. The summed E-state index contributed by atoms with van der Waals surface area (Å²) in [7, 11) is 0. The number of nitriles is 1. The molecular formula is C13H16N2O2. The van der Waals surface area contributed by atoms with Gasteiger partial charge in [0.1, 0.15) is 5.75 Å². The second-order valence-corrected chi connectivity index (χ2v) is 3.84. The van der Waals surface area contributed by atoms with Crippen LogP contribution in [0.15, 0.2) is 24.3 Å². The van der Waals surface area contributed by atoms with E-state index in [-0.39, 0.29) is 6.10 Å². The maximum Gasteiger partial charge on any atom is 0.161 e. The van der Waals surface area contributed by atoms with Gasteiger partial charge in [-0.1, -0.05) is 12.1 Å². The van der Waals surface area contributed by atoms with E-state index < -0.39 is 0 Å². The topological polar surface area (TPSA) is 45.5 Å². The molecule has 17 heavy (non-hydrogen) atoms. The minimum absolute atomic E-state index is 0.349. The molecule has 1 aromatic rings. The molecule has 1 aliphatic heterocycles. The van der Waals surface area contributed by atoms with Crippen molar-refractivity contribution in [3.05, 3.63) is 24.3 Å². The number of nitrogens with zero attached hydrogens (tertiary/aromatic N) is 2. The van der Waals surface area contributed by atoms with Gasteiger partial charge in [0.15, 0.2) is 6.10 Å². The van der Waals surface area contributed by atoms with Crippen LogP contribution in [0.3, 0.4) is 0 Å². The van der Waals surface area contributed by atoms with Crippen LogP contribution in [-0.2, 0) is 4.74 Å². The SMILES string of the molecule is CCOc1ccccc1N1CCOC(C#N)C1. The monoisotopic (exact) mass is 232 g/mol. The summed E-state index contributed by atoms with van der Waals surface area (Å²) < 4.78 is 10.9. The van der Waals surface area contributed by atoms with Gasteiger partial charge in [-0.3, -0.25) is 0 Å². The third kappa shape index (κ3) is 2.69. The number of ether oxygens (including phenoxy) is 2. The van der Waals surface area contributed by atoms with Crippen LogP contribution in [0.2, 0.25) is 0 Å². The van der Waals surface area contributed by atoms with E-state index in [1.54, 1.807) is 0 Å². The fourth-order valence-electron chi connectivity index (χ4n) is 1.94. The Morgan fingerprint density at radius 3 is 3.12 bits per heavy atom. The molecule has 0 aliphatic carbocycles. The predicted molar refractivity (Wildman–Crippen MR) is 65.2 cm³/mol. The number of rotatable bonds is 3. The molecule has 0 spiro atoms. The van der Waals surface area contributed by atoms with Gasteiger partial charge < -0.3 is 14.4 Å². The molecule has 2 rings (SSSR count). The molecular weight excluding hydrogens is 216 g/mol. The summed E-state index contributed by atoms with van der Waals surface area (Å²) in [5, 5.41) is 8.90. The number of hydrogen-bond acceptors (Lipinski definition) is 4. The lowest BCUT2D eigenvalue weighted by Crippen LogP contribution is -2.42. The van der Waals surface area contributed by atoms with Crippen LogP contribution in [0, 0.1) is 11.3 Å². The van der Waals surface area contributed by atoms with E-state index in [2.05, 4.69) is 11.0 Å². The van der Waals surface area contributed by atoms with Gasteiger partial charge in [0.05, 0.1) is 31.5 Å². The Balaban J connectivity index is 2.18. The van der Waals surface area contributed by atoms with E-state index >= 15 is 0 Å². The smallest absolute Gasteiger partial charge is 0.161 e. The van der Waals surface area contributed by atoms with Crippen LogP contribution in [0.5, 0.6) is 5.75 Å². The van der Waals surface area contributed by atoms with Gasteiger partial charge in [-0.2, -0.15) is 5.26 Å². The third-order valence-corrected chi connectivity index (χ3v) is 2.72. The molecule has 0 amide bonds. The normalized spacial score (nSPS) is 19.8. The molecule has 4 heteroatoms. The Morgan fingerprint density at radius 1 is 1.53 bits per heavy atom. The summed E-state index contributed by atoms with van der Waals surface area (Å²) in [4.78, 5) is 2.14. The molecule has 1 heterocycles. The summed E-state index contributed by atoms with van der Waals surface area (Å²) in [5.41, 5.74) is 1.04. The molecule has 1 atom stereocenters. The molecule has 90 valence electrons. The molecule has 1 saturated heterocycles. The third-order valence-electron chi connectivity index (χ3n) is 2.72.